The Bertz CT molecular complexity index is 738. The van der Waals surface area contributed by atoms with Crippen LogP contribution in [0.3, 0.4) is 0 Å². The number of hydrogen-bond acceptors (Lipinski definition) is 3. The maximum atomic E-state index is 11.2. The molecular weight excluding hydrogens is 284 g/mol. The molecule has 4 nitrogen and oxygen atoms in total. The number of carbonyl (C=O) groups is 1. The van der Waals surface area contributed by atoms with Crippen LogP contribution in [0.1, 0.15) is 24.1 Å². The molecule has 1 aromatic carbocycles. The van der Waals surface area contributed by atoms with E-state index in [1.54, 1.807) is 0 Å². The summed E-state index contributed by atoms with van der Waals surface area (Å²) < 4.78 is 2.44. The van der Waals surface area contributed by atoms with Crippen molar-refractivity contribution >= 4 is 18.2 Å². The third kappa shape index (κ3) is 2.74. The van der Waals surface area contributed by atoms with Crippen LogP contribution in [0.4, 0.5) is 0 Å². The standard InChI is InChI=1S/C16H16N2O2S/c19-14(20)10-18-13-9-5-4-8-12(13)16(21)17-15(18)11-6-2-1-3-7-11/h1-3,6-7H,4-5,8-10H2,(H,19,20). The Morgan fingerprint density at radius 1 is 1.24 bits per heavy atom. The Hall–Kier alpha value is -2.01. The van der Waals surface area contributed by atoms with E-state index in [9.17, 15) is 9.90 Å². The van der Waals surface area contributed by atoms with Crippen molar-refractivity contribution in [3.05, 3.63) is 46.2 Å². The molecule has 1 aliphatic rings. The van der Waals surface area contributed by atoms with Crippen LogP contribution in [-0.4, -0.2) is 20.6 Å². The van der Waals surface area contributed by atoms with Crippen LogP contribution in [0.2, 0.25) is 0 Å². The topological polar surface area (TPSA) is 55.1 Å². The van der Waals surface area contributed by atoms with Gasteiger partial charge in [-0.25, -0.2) is 4.98 Å². The van der Waals surface area contributed by atoms with E-state index in [1.807, 2.05) is 34.9 Å². The summed E-state index contributed by atoms with van der Waals surface area (Å²) >= 11 is 5.43. The van der Waals surface area contributed by atoms with Crippen LogP contribution in [0.5, 0.6) is 0 Å². The van der Waals surface area contributed by atoms with Crippen LogP contribution in [0.25, 0.3) is 11.4 Å². The Balaban J connectivity index is 2.25. The largest absolute Gasteiger partial charge is 0.480 e. The van der Waals surface area contributed by atoms with Crippen LogP contribution in [0, 0.1) is 4.64 Å². The van der Waals surface area contributed by atoms with Crippen molar-refractivity contribution in [1.82, 2.24) is 9.55 Å². The predicted octanol–water partition coefficient (Wildman–Crippen LogP) is 3.24. The van der Waals surface area contributed by atoms with Gasteiger partial charge in [0.1, 0.15) is 17.0 Å². The van der Waals surface area contributed by atoms with Gasteiger partial charge in [-0.3, -0.25) is 4.79 Å². The maximum absolute atomic E-state index is 11.2. The van der Waals surface area contributed by atoms with E-state index in [0.717, 1.165) is 42.5 Å². The Kier molecular flexibility index (Phi) is 3.84. The molecule has 1 N–H and O–H groups in total. The zero-order valence-electron chi connectivity index (χ0n) is 11.6. The fourth-order valence-electron chi connectivity index (χ4n) is 2.88. The van der Waals surface area contributed by atoms with Crippen LogP contribution >= 0.6 is 12.2 Å². The molecule has 0 spiro atoms. The summed E-state index contributed by atoms with van der Waals surface area (Å²) in [5, 5.41) is 9.23. The number of carboxylic acids is 1. The number of benzene rings is 1. The molecule has 0 radical (unpaired) electrons. The maximum Gasteiger partial charge on any atom is 0.323 e. The second-order valence-corrected chi connectivity index (χ2v) is 5.61. The summed E-state index contributed by atoms with van der Waals surface area (Å²) in [6.45, 7) is -0.0742. The number of fused-ring (bicyclic) bond motifs is 1. The summed E-state index contributed by atoms with van der Waals surface area (Å²) in [6.07, 6.45) is 3.93. The van der Waals surface area contributed by atoms with Crippen molar-refractivity contribution in [3.63, 3.8) is 0 Å². The van der Waals surface area contributed by atoms with Gasteiger partial charge in [0.25, 0.3) is 0 Å². The SMILES string of the molecule is O=C(O)Cn1c(-c2ccccc2)nc(=S)c2c1CCCC2. The third-order valence-electron chi connectivity index (χ3n) is 3.81. The van der Waals surface area contributed by atoms with Gasteiger partial charge in [0.05, 0.1) is 0 Å². The smallest absolute Gasteiger partial charge is 0.323 e. The zero-order valence-corrected chi connectivity index (χ0v) is 12.4. The molecule has 0 bridgehead atoms. The average Bonchev–Trinajstić information content (AvgIpc) is 2.50. The Morgan fingerprint density at radius 3 is 2.67 bits per heavy atom. The molecule has 2 aromatic rings. The molecular formula is C16H16N2O2S. The fourth-order valence-corrected chi connectivity index (χ4v) is 3.19. The van der Waals surface area contributed by atoms with Crippen molar-refractivity contribution < 1.29 is 9.90 Å². The molecule has 0 fully saturated rings. The highest BCUT2D eigenvalue weighted by atomic mass is 32.1. The average molecular weight is 300 g/mol. The number of aromatic nitrogens is 2. The molecule has 0 atom stereocenters. The van der Waals surface area contributed by atoms with Gasteiger partial charge in [0.2, 0.25) is 0 Å². The van der Waals surface area contributed by atoms with E-state index in [0.29, 0.717) is 10.5 Å². The first kappa shape index (κ1) is 13.9. The summed E-state index contributed by atoms with van der Waals surface area (Å²) in [5.41, 5.74) is 3.00. The molecule has 108 valence electrons. The first-order valence-electron chi connectivity index (χ1n) is 7.06. The first-order valence-corrected chi connectivity index (χ1v) is 7.47. The summed E-state index contributed by atoms with van der Waals surface area (Å²) in [6, 6.07) is 9.64. The lowest BCUT2D eigenvalue weighted by Crippen LogP contribution is -2.21. The lowest BCUT2D eigenvalue weighted by atomic mass is 9.96. The lowest BCUT2D eigenvalue weighted by Gasteiger charge is -2.23. The second kappa shape index (κ2) is 5.77. The molecule has 1 aromatic heterocycles. The highest BCUT2D eigenvalue weighted by Gasteiger charge is 2.20. The fraction of sp³-hybridized carbons (Fsp3) is 0.312. The molecule has 5 heteroatoms. The van der Waals surface area contributed by atoms with Crippen molar-refractivity contribution in [2.24, 2.45) is 0 Å². The quantitative estimate of drug-likeness (QED) is 0.884. The van der Waals surface area contributed by atoms with Crippen molar-refractivity contribution in [2.45, 2.75) is 32.2 Å². The Labute approximate surface area is 128 Å². The van der Waals surface area contributed by atoms with Gasteiger partial charge in [0.15, 0.2) is 0 Å². The molecule has 0 amide bonds. The zero-order chi connectivity index (χ0) is 14.8. The summed E-state index contributed by atoms with van der Waals surface area (Å²) in [5.74, 6) is -0.201. The Morgan fingerprint density at radius 2 is 1.95 bits per heavy atom. The van der Waals surface area contributed by atoms with Gasteiger partial charge in [-0.15, -0.1) is 0 Å². The van der Waals surface area contributed by atoms with Gasteiger partial charge in [-0.05, 0) is 25.7 Å². The molecule has 0 aliphatic heterocycles. The molecule has 1 heterocycles. The van der Waals surface area contributed by atoms with E-state index in [-0.39, 0.29) is 6.54 Å². The van der Waals surface area contributed by atoms with Gasteiger partial charge in [-0.1, -0.05) is 42.5 Å². The second-order valence-electron chi connectivity index (χ2n) is 5.22. The van der Waals surface area contributed by atoms with Gasteiger partial charge in [-0.2, -0.15) is 0 Å². The first-order chi connectivity index (χ1) is 10.2. The molecule has 0 unspecified atom stereocenters. The predicted molar refractivity (Wildman–Crippen MR) is 82.8 cm³/mol. The van der Waals surface area contributed by atoms with E-state index in [1.165, 1.54) is 0 Å². The van der Waals surface area contributed by atoms with Crippen LogP contribution in [-0.2, 0) is 24.2 Å². The van der Waals surface area contributed by atoms with Gasteiger partial charge >= 0.3 is 5.97 Å². The van der Waals surface area contributed by atoms with Gasteiger partial charge in [0, 0.05) is 16.8 Å². The van der Waals surface area contributed by atoms with Gasteiger partial charge < -0.3 is 9.67 Å². The summed E-state index contributed by atoms with van der Waals surface area (Å²) in [7, 11) is 0. The van der Waals surface area contributed by atoms with Crippen LogP contribution < -0.4 is 0 Å². The summed E-state index contributed by atoms with van der Waals surface area (Å²) in [4.78, 5) is 15.8. The van der Waals surface area contributed by atoms with Crippen molar-refractivity contribution in [3.8, 4) is 11.4 Å². The van der Waals surface area contributed by atoms with E-state index < -0.39 is 5.97 Å². The van der Waals surface area contributed by atoms with E-state index in [4.69, 9.17) is 12.2 Å². The minimum absolute atomic E-state index is 0.0742. The molecule has 1 aliphatic carbocycles. The number of hydrogen-bond donors (Lipinski definition) is 1. The van der Waals surface area contributed by atoms with Crippen molar-refractivity contribution in [1.29, 1.82) is 0 Å². The molecule has 3 rings (SSSR count). The minimum atomic E-state index is -0.858. The van der Waals surface area contributed by atoms with E-state index >= 15 is 0 Å². The van der Waals surface area contributed by atoms with E-state index in [2.05, 4.69) is 4.98 Å². The normalized spacial score (nSPS) is 13.7. The number of carboxylic acid groups (broad SMARTS) is 1. The molecule has 0 saturated carbocycles. The van der Waals surface area contributed by atoms with Crippen molar-refractivity contribution in [2.75, 3.05) is 0 Å². The molecule has 0 saturated heterocycles. The number of nitrogens with zero attached hydrogens (tertiary/aromatic N) is 2. The number of aliphatic carboxylic acids is 1. The minimum Gasteiger partial charge on any atom is -0.480 e. The molecule has 21 heavy (non-hydrogen) atoms. The monoisotopic (exact) mass is 300 g/mol. The number of rotatable bonds is 3. The van der Waals surface area contributed by atoms with Crippen LogP contribution in [0.15, 0.2) is 30.3 Å². The highest BCUT2D eigenvalue weighted by molar-refractivity contribution is 7.71. The highest BCUT2D eigenvalue weighted by Crippen LogP contribution is 2.27. The lowest BCUT2D eigenvalue weighted by molar-refractivity contribution is -0.137. The third-order valence-corrected chi connectivity index (χ3v) is 4.15.